The van der Waals surface area contributed by atoms with E-state index in [9.17, 15) is 19.7 Å². The van der Waals surface area contributed by atoms with Gasteiger partial charge in [-0.25, -0.2) is 0 Å². The van der Waals surface area contributed by atoms with E-state index in [1.54, 1.807) is 0 Å². The van der Waals surface area contributed by atoms with Gasteiger partial charge in [0.2, 0.25) is 5.91 Å². The van der Waals surface area contributed by atoms with Crippen molar-refractivity contribution >= 4 is 29.9 Å². The number of hydrogen-bond acceptors (Lipinski definition) is 5. The number of nitro benzene ring substituents is 1. The van der Waals surface area contributed by atoms with Crippen molar-refractivity contribution in [3.05, 3.63) is 39.9 Å². The van der Waals surface area contributed by atoms with Crippen LogP contribution < -0.4 is 16.4 Å². The number of nitrogens with zero attached hydrogens (tertiary/aromatic N) is 1. The van der Waals surface area contributed by atoms with Gasteiger partial charge in [0.05, 0.1) is 4.92 Å². The SMILES string of the molecule is CC(N)CCNC(=O)C(C)NC(=O)c1cccc([N+](=O)[O-])c1.Cl. The third-order valence-electron chi connectivity index (χ3n) is 2.96. The van der Waals surface area contributed by atoms with E-state index >= 15 is 0 Å². The number of halogens is 1. The maximum Gasteiger partial charge on any atom is 0.270 e. The minimum atomic E-state index is -0.750. The average Bonchev–Trinajstić information content (AvgIpc) is 2.46. The summed E-state index contributed by atoms with van der Waals surface area (Å²) in [5.41, 5.74) is 5.52. The Labute approximate surface area is 140 Å². The van der Waals surface area contributed by atoms with E-state index in [1.165, 1.54) is 25.1 Å². The highest BCUT2D eigenvalue weighted by Crippen LogP contribution is 2.13. The summed E-state index contributed by atoms with van der Waals surface area (Å²) in [5, 5.41) is 15.8. The number of nitrogens with one attached hydrogen (secondary N) is 2. The number of hydrogen-bond donors (Lipinski definition) is 3. The van der Waals surface area contributed by atoms with Gasteiger partial charge in [0.25, 0.3) is 11.6 Å². The van der Waals surface area contributed by atoms with E-state index in [1.807, 2.05) is 6.92 Å². The van der Waals surface area contributed by atoms with Crippen LogP contribution in [0.5, 0.6) is 0 Å². The molecular formula is C14H21ClN4O4. The molecule has 0 saturated carbocycles. The number of amides is 2. The molecule has 23 heavy (non-hydrogen) atoms. The highest BCUT2D eigenvalue weighted by Gasteiger charge is 2.17. The van der Waals surface area contributed by atoms with Gasteiger partial charge < -0.3 is 16.4 Å². The lowest BCUT2D eigenvalue weighted by atomic mass is 10.1. The van der Waals surface area contributed by atoms with Gasteiger partial charge in [-0.1, -0.05) is 6.07 Å². The number of nitro groups is 1. The zero-order valence-electron chi connectivity index (χ0n) is 12.9. The van der Waals surface area contributed by atoms with Crippen LogP contribution in [0.15, 0.2) is 24.3 Å². The Kier molecular flexibility index (Phi) is 8.82. The van der Waals surface area contributed by atoms with Gasteiger partial charge in [-0.3, -0.25) is 19.7 Å². The van der Waals surface area contributed by atoms with Crippen molar-refractivity contribution in [2.24, 2.45) is 5.73 Å². The fourth-order valence-electron chi connectivity index (χ4n) is 1.68. The lowest BCUT2D eigenvalue weighted by Gasteiger charge is -2.14. The zero-order valence-corrected chi connectivity index (χ0v) is 13.8. The highest BCUT2D eigenvalue weighted by molar-refractivity contribution is 5.97. The first kappa shape index (κ1) is 20.8. The predicted molar refractivity (Wildman–Crippen MR) is 88.5 cm³/mol. The van der Waals surface area contributed by atoms with Gasteiger partial charge in [0.15, 0.2) is 0 Å². The molecule has 128 valence electrons. The molecule has 2 unspecified atom stereocenters. The van der Waals surface area contributed by atoms with Crippen LogP contribution in [0.25, 0.3) is 0 Å². The molecular weight excluding hydrogens is 324 g/mol. The molecule has 8 nitrogen and oxygen atoms in total. The summed E-state index contributed by atoms with van der Waals surface area (Å²) in [6, 6.07) is 4.55. The molecule has 0 aliphatic heterocycles. The summed E-state index contributed by atoms with van der Waals surface area (Å²) >= 11 is 0. The lowest BCUT2D eigenvalue weighted by molar-refractivity contribution is -0.384. The lowest BCUT2D eigenvalue weighted by Crippen LogP contribution is -2.45. The average molecular weight is 345 g/mol. The Morgan fingerprint density at radius 1 is 1.35 bits per heavy atom. The topological polar surface area (TPSA) is 127 Å². The highest BCUT2D eigenvalue weighted by atomic mass is 35.5. The molecule has 2 atom stereocenters. The summed E-state index contributed by atoms with van der Waals surface area (Å²) in [4.78, 5) is 33.9. The van der Waals surface area contributed by atoms with Gasteiger partial charge in [-0.2, -0.15) is 0 Å². The number of rotatable bonds is 7. The van der Waals surface area contributed by atoms with Crippen LogP contribution in [-0.4, -0.2) is 35.4 Å². The monoisotopic (exact) mass is 344 g/mol. The summed E-state index contributed by atoms with van der Waals surface area (Å²) in [7, 11) is 0. The quantitative estimate of drug-likeness (QED) is 0.502. The number of nitrogens with two attached hydrogens (primary N) is 1. The van der Waals surface area contributed by atoms with Crippen molar-refractivity contribution in [3.63, 3.8) is 0 Å². The Bertz CT molecular complexity index is 565. The molecule has 1 rings (SSSR count). The minimum absolute atomic E-state index is 0. The number of carbonyl (C=O) groups is 2. The second kappa shape index (κ2) is 9.75. The van der Waals surface area contributed by atoms with Gasteiger partial charge in [-0.05, 0) is 26.3 Å². The molecule has 0 aliphatic rings. The summed E-state index contributed by atoms with van der Waals surface area (Å²) in [6.07, 6.45) is 0.636. The van der Waals surface area contributed by atoms with Crippen molar-refractivity contribution in [1.82, 2.24) is 10.6 Å². The second-order valence-corrected chi connectivity index (χ2v) is 5.06. The van der Waals surface area contributed by atoms with E-state index in [0.29, 0.717) is 13.0 Å². The summed E-state index contributed by atoms with van der Waals surface area (Å²) < 4.78 is 0. The van der Waals surface area contributed by atoms with Gasteiger partial charge in [0.1, 0.15) is 6.04 Å². The van der Waals surface area contributed by atoms with Crippen molar-refractivity contribution in [2.45, 2.75) is 32.4 Å². The van der Waals surface area contributed by atoms with E-state index in [-0.39, 0.29) is 35.6 Å². The van der Waals surface area contributed by atoms with E-state index in [2.05, 4.69) is 10.6 Å². The van der Waals surface area contributed by atoms with Crippen molar-refractivity contribution in [1.29, 1.82) is 0 Å². The molecule has 4 N–H and O–H groups in total. The largest absolute Gasteiger partial charge is 0.354 e. The normalized spacial score (nSPS) is 12.5. The summed E-state index contributed by atoms with van der Waals surface area (Å²) in [5.74, 6) is -0.877. The van der Waals surface area contributed by atoms with Crippen LogP contribution in [0, 0.1) is 10.1 Å². The molecule has 0 radical (unpaired) electrons. The van der Waals surface area contributed by atoms with Crippen LogP contribution in [-0.2, 0) is 4.79 Å². The molecule has 1 aromatic carbocycles. The molecule has 0 bridgehead atoms. The van der Waals surface area contributed by atoms with Gasteiger partial charge in [0, 0.05) is 30.3 Å². The van der Waals surface area contributed by atoms with Crippen molar-refractivity contribution in [2.75, 3.05) is 6.54 Å². The van der Waals surface area contributed by atoms with Crippen LogP contribution in [0.4, 0.5) is 5.69 Å². The molecule has 0 heterocycles. The van der Waals surface area contributed by atoms with E-state index < -0.39 is 16.9 Å². The maximum atomic E-state index is 12.0. The molecule has 0 saturated heterocycles. The van der Waals surface area contributed by atoms with Crippen molar-refractivity contribution < 1.29 is 14.5 Å². The molecule has 9 heteroatoms. The molecule has 2 amide bonds. The third-order valence-corrected chi connectivity index (χ3v) is 2.96. The first-order chi connectivity index (χ1) is 10.3. The van der Waals surface area contributed by atoms with Crippen LogP contribution in [0.3, 0.4) is 0 Å². The minimum Gasteiger partial charge on any atom is -0.354 e. The molecule has 0 aromatic heterocycles. The number of non-ortho nitro benzene ring substituents is 1. The second-order valence-electron chi connectivity index (χ2n) is 5.06. The zero-order chi connectivity index (χ0) is 16.7. The Morgan fingerprint density at radius 2 is 2.00 bits per heavy atom. The maximum absolute atomic E-state index is 12.0. The first-order valence-corrected chi connectivity index (χ1v) is 6.90. The van der Waals surface area contributed by atoms with Gasteiger partial charge >= 0.3 is 0 Å². The fourth-order valence-corrected chi connectivity index (χ4v) is 1.68. The Balaban J connectivity index is 0.00000484. The first-order valence-electron chi connectivity index (χ1n) is 6.90. The van der Waals surface area contributed by atoms with E-state index in [0.717, 1.165) is 6.07 Å². The Morgan fingerprint density at radius 3 is 2.57 bits per heavy atom. The molecule has 0 aliphatic carbocycles. The fraction of sp³-hybridized carbons (Fsp3) is 0.429. The molecule has 0 spiro atoms. The Hall–Kier alpha value is -2.19. The summed E-state index contributed by atoms with van der Waals surface area (Å²) in [6.45, 7) is 3.80. The standard InChI is InChI=1S/C14H20N4O4.ClH/c1-9(15)6-7-16-13(19)10(2)17-14(20)11-4-3-5-12(8-11)18(21)22;/h3-5,8-10H,6-7,15H2,1-2H3,(H,16,19)(H,17,20);1H. The van der Waals surface area contributed by atoms with Crippen LogP contribution in [0.2, 0.25) is 0 Å². The molecule has 0 fully saturated rings. The predicted octanol–water partition coefficient (Wildman–Crippen LogP) is 0.988. The third kappa shape index (κ3) is 7.07. The smallest absolute Gasteiger partial charge is 0.270 e. The van der Waals surface area contributed by atoms with Crippen LogP contribution >= 0.6 is 12.4 Å². The van der Waals surface area contributed by atoms with Gasteiger partial charge in [-0.15, -0.1) is 12.4 Å². The van der Waals surface area contributed by atoms with Crippen molar-refractivity contribution in [3.8, 4) is 0 Å². The number of carbonyl (C=O) groups excluding carboxylic acids is 2. The number of benzene rings is 1. The van der Waals surface area contributed by atoms with E-state index in [4.69, 9.17) is 5.73 Å². The molecule has 1 aromatic rings. The van der Waals surface area contributed by atoms with Crippen LogP contribution in [0.1, 0.15) is 30.6 Å².